The average Bonchev–Trinajstić information content (AvgIpc) is 3.72. The first kappa shape index (κ1) is 24.4. The van der Waals surface area contributed by atoms with Gasteiger partial charge in [0.1, 0.15) is 29.5 Å². The van der Waals surface area contributed by atoms with Crippen molar-refractivity contribution in [1.29, 1.82) is 0 Å². The van der Waals surface area contributed by atoms with Crippen LogP contribution in [0.25, 0.3) is 55.7 Å². The second-order valence-corrected chi connectivity index (χ2v) is 10.3. The summed E-state index contributed by atoms with van der Waals surface area (Å²) in [5.41, 5.74) is 7.59. The molecule has 7 rings (SSSR count). The molecule has 1 fully saturated rings. The summed E-state index contributed by atoms with van der Waals surface area (Å²) in [6, 6.07) is 12.8. The Morgan fingerprint density at radius 3 is 2.73 bits per heavy atom. The summed E-state index contributed by atoms with van der Waals surface area (Å²) in [7, 11) is 0. The van der Waals surface area contributed by atoms with Crippen molar-refractivity contribution in [2.45, 2.75) is 19.8 Å². The van der Waals surface area contributed by atoms with Gasteiger partial charge in [0, 0.05) is 47.5 Å². The van der Waals surface area contributed by atoms with E-state index in [0.29, 0.717) is 18.0 Å². The molecule has 6 heterocycles. The summed E-state index contributed by atoms with van der Waals surface area (Å²) < 4.78 is 20.7. The topological polar surface area (TPSA) is 95.6 Å². The van der Waals surface area contributed by atoms with Gasteiger partial charge in [0.2, 0.25) is 0 Å². The van der Waals surface area contributed by atoms with Gasteiger partial charge in [0.25, 0.3) is 0 Å². The second kappa shape index (κ2) is 10.2. The fraction of sp³-hybridized carbons (Fsp3) is 0.226. The number of hydrogen-bond acceptors (Lipinski definition) is 6. The van der Waals surface area contributed by atoms with E-state index in [0.717, 1.165) is 75.3 Å². The van der Waals surface area contributed by atoms with Crippen LogP contribution in [-0.4, -0.2) is 61.3 Å². The van der Waals surface area contributed by atoms with Crippen LogP contribution in [-0.2, 0) is 0 Å². The third kappa shape index (κ3) is 4.58. The number of H-pyrrole nitrogens is 2. The van der Waals surface area contributed by atoms with Crippen LogP contribution in [0, 0.1) is 12.7 Å². The van der Waals surface area contributed by atoms with E-state index in [-0.39, 0.29) is 5.82 Å². The predicted octanol–water partition coefficient (Wildman–Crippen LogP) is 6.15. The number of benzene rings is 1. The largest absolute Gasteiger partial charge is 0.492 e. The molecule has 0 atom stereocenters. The maximum absolute atomic E-state index is 14.7. The standard InChI is InChI=1S/C31H28FN7O/c1-19-4-6-33-17-26(19)27-16-25-29(18-35-27)37-38-30(25)28-15-24-23(5-7-34-31(24)36-28)20-12-21(32)14-22(13-20)40-11-10-39-8-2-3-9-39/h4-7,12-18H,2-3,8-11H2,1H3,(H,34,36)(H,37,38). The Bertz CT molecular complexity index is 1840. The van der Waals surface area contributed by atoms with Gasteiger partial charge in [-0.25, -0.2) is 9.37 Å². The molecule has 5 aromatic heterocycles. The maximum atomic E-state index is 14.7. The Hall–Kier alpha value is -4.63. The molecule has 1 aliphatic heterocycles. The molecule has 0 unspecified atom stereocenters. The van der Waals surface area contributed by atoms with Crippen molar-refractivity contribution in [3.63, 3.8) is 0 Å². The number of nitrogens with zero attached hydrogens (tertiary/aromatic N) is 5. The number of halogens is 1. The zero-order valence-electron chi connectivity index (χ0n) is 22.1. The van der Waals surface area contributed by atoms with E-state index in [1.54, 1.807) is 18.6 Å². The maximum Gasteiger partial charge on any atom is 0.138 e. The number of likely N-dealkylation sites (tertiary alicyclic amines) is 1. The van der Waals surface area contributed by atoms with Crippen molar-refractivity contribution in [2.75, 3.05) is 26.2 Å². The number of ether oxygens (including phenoxy) is 1. The number of rotatable bonds is 7. The first-order valence-corrected chi connectivity index (χ1v) is 13.5. The lowest BCUT2D eigenvalue weighted by Crippen LogP contribution is -2.25. The summed E-state index contributed by atoms with van der Waals surface area (Å²) in [6.45, 7) is 5.64. The molecule has 2 N–H and O–H groups in total. The lowest BCUT2D eigenvalue weighted by molar-refractivity contribution is 0.237. The number of aryl methyl sites for hydroxylation is 1. The normalized spacial score (nSPS) is 13.9. The van der Waals surface area contributed by atoms with E-state index in [1.807, 2.05) is 43.5 Å². The van der Waals surface area contributed by atoms with Gasteiger partial charge in [0.05, 0.1) is 23.1 Å². The quantitative estimate of drug-likeness (QED) is 0.256. The number of hydrogen-bond donors (Lipinski definition) is 2. The van der Waals surface area contributed by atoms with E-state index in [4.69, 9.17) is 4.74 Å². The van der Waals surface area contributed by atoms with E-state index >= 15 is 0 Å². The fourth-order valence-corrected chi connectivity index (χ4v) is 5.51. The van der Waals surface area contributed by atoms with Crippen molar-refractivity contribution in [2.24, 2.45) is 0 Å². The molecule has 9 heteroatoms. The molecule has 0 aliphatic carbocycles. The molecule has 8 nitrogen and oxygen atoms in total. The van der Waals surface area contributed by atoms with Crippen LogP contribution >= 0.6 is 0 Å². The Labute approximate surface area is 230 Å². The highest BCUT2D eigenvalue weighted by Crippen LogP contribution is 2.35. The molecule has 1 aromatic carbocycles. The first-order chi connectivity index (χ1) is 19.6. The number of fused-ring (bicyclic) bond motifs is 2. The molecule has 0 saturated carbocycles. The van der Waals surface area contributed by atoms with E-state index in [2.05, 4.69) is 35.0 Å². The number of aromatic nitrogens is 6. The monoisotopic (exact) mass is 533 g/mol. The van der Waals surface area contributed by atoms with Crippen LogP contribution in [0.5, 0.6) is 5.75 Å². The molecular weight excluding hydrogens is 505 g/mol. The molecule has 6 aromatic rings. The summed E-state index contributed by atoms with van der Waals surface area (Å²) in [4.78, 5) is 19.2. The summed E-state index contributed by atoms with van der Waals surface area (Å²) in [6.07, 6.45) is 9.59. The van der Waals surface area contributed by atoms with Gasteiger partial charge in [-0.05, 0) is 85.9 Å². The Balaban J connectivity index is 1.24. The van der Waals surface area contributed by atoms with Gasteiger partial charge >= 0.3 is 0 Å². The SMILES string of the molecule is Cc1ccncc1-c1cc2c(-c3cc4c(-c5cc(F)cc(OCCN6CCCC6)c5)ccnc4[nH]3)n[nH]c2cn1. The molecule has 0 bridgehead atoms. The molecule has 1 aliphatic rings. The van der Waals surface area contributed by atoms with E-state index < -0.39 is 0 Å². The minimum absolute atomic E-state index is 0.335. The Kier molecular flexibility index (Phi) is 6.20. The Morgan fingerprint density at radius 1 is 0.950 bits per heavy atom. The predicted molar refractivity (Wildman–Crippen MR) is 154 cm³/mol. The highest BCUT2D eigenvalue weighted by atomic mass is 19.1. The van der Waals surface area contributed by atoms with Crippen molar-refractivity contribution in [1.82, 2.24) is 35.0 Å². The minimum Gasteiger partial charge on any atom is -0.492 e. The lowest BCUT2D eigenvalue weighted by Gasteiger charge is -2.15. The van der Waals surface area contributed by atoms with Gasteiger partial charge in [-0.3, -0.25) is 20.0 Å². The fourth-order valence-electron chi connectivity index (χ4n) is 5.51. The van der Waals surface area contributed by atoms with Gasteiger partial charge in [-0.15, -0.1) is 0 Å². The number of nitrogens with one attached hydrogen (secondary N) is 2. The average molecular weight is 534 g/mol. The van der Waals surface area contributed by atoms with Crippen molar-refractivity contribution >= 4 is 21.9 Å². The molecule has 1 saturated heterocycles. The minimum atomic E-state index is -0.335. The van der Waals surface area contributed by atoms with Crippen LogP contribution in [0.3, 0.4) is 0 Å². The first-order valence-electron chi connectivity index (χ1n) is 13.5. The highest BCUT2D eigenvalue weighted by Gasteiger charge is 2.17. The molecule has 0 spiro atoms. The van der Waals surface area contributed by atoms with E-state index in [1.165, 1.54) is 25.0 Å². The Morgan fingerprint density at radius 2 is 1.85 bits per heavy atom. The van der Waals surface area contributed by atoms with Crippen molar-refractivity contribution in [3.05, 3.63) is 78.6 Å². The number of aromatic amines is 2. The van der Waals surface area contributed by atoms with Gasteiger partial charge in [0.15, 0.2) is 0 Å². The van der Waals surface area contributed by atoms with Gasteiger partial charge in [-0.1, -0.05) is 0 Å². The summed E-state index contributed by atoms with van der Waals surface area (Å²) in [5.74, 6) is 0.192. The zero-order chi connectivity index (χ0) is 27.1. The molecule has 0 amide bonds. The third-order valence-electron chi connectivity index (χ3n) is 7.61. The number of pyridine rings is 3. The van der Waals surface area contributed by atoms with Crippen LogP contribution in [0.15, 0.2) is 67.3 Å². The summed E-state index contributed by atoms with van der Waals surface area (Å²) in [5, 5.41) is 9.48. The van der Waals surface area contributed by atoms with E-state index in [9.17, 15) is 4.39 Å². The van der Waals surface area contributed by atoms with Crippen LogP contribution < -0.4 is 4.74 Å². The molecular formula is C31H28FN7O. The smallest absolute Gasteiger partial charge is 0.138 e. The van der Waals surface area contributed by atoms with Crippen molar-refractivity contribution < 1.29 is 9.13 Å². The van der Waals surface area contributed by atoms with Crippen LogP contribution in [0.4, 0.5) is 4.39 Å². The van der Waals surface area contributed by atoms with Crippen LogP contribution in [0.2, 0.25) is 0 Å². The van der Waals surface area contributed by atoms with Crippen LogP contribution in [0.1, 0.15) is 18.4 Å². The summed E-state index contributed by atoms with van der Waals surface area (Å²) >= 11 is 0. The highest BCUT2D eigenvalue weighted by molar-refractivity contribution is 6.00. The van der Waals surface area contributed by atoms with Gasteiger partial charge in [-0.2, -0.15) is 5.10 Å². The lowest BCUT2D eigenvalue weighted by atomic mass is 10.0. The molecule has 40 heavy (non-hydrogen) atoms. The van der Waals surface area contributed by atoms with Crippen molar-refractivity contribution in [3.8, 4) is 39.5 Å². The van der Waals surface area contributed by atoms with Gasteiger partial charge < -0.3 is 9.72 Å². The molecule has 0 radical (unpaired) electrons. The third-order valence-corrected chi connectivity index (χ3v) is 7.61. The molecule has 200 valence electrons. The zero-order valence-corrected chi connectivity index (χ0v) is 22.1. The second-order valence-electron chi connectivity index (χ2n) is 10.3.